The van der Waals surface area contributed by atoms with E-state index >= 15 is 0 Å². The summed E-state index contributed by atoms with van der Waals surface area (Å²) < 4.78 is 16.2. The monoisotopic (exact) mass is 551 g/mol. The molecule has 0 aliphatic carbocycles. The number of ether oxygens (including phenoxy) is 2. The minimum Gasteiger partial charge on any atom is -0.459 e. The quantitative estimate of drug-likeness (QED) is 0.167. The molecule has 0 atom stereocenters. The van der Waals surface area contributed by atoms with E-state index in [-0.39, 0.29) is 12.5 Å². The highest BCUT2D eigenvalue weighted by atomic mass is 16.6. The Kier molecular flexibility index (Phi) is 13.5. The average molecular weight is 552 g/mol. The van der Waals surface area contributed by atoms with Gasteiger partial charge in [-0.05, 0) is 75.5 Å². The van der Waals surface area contributed by atoms with Crippen LogP contribution >= 0.6 is 0 Å². The summed E-state index contributed by atoms with van der Waals surface area (Å²) >= 11 is 0. The molecule has 7 heteroatoms. The van der Waals surface area contributed by atoms with Gasteiger partial charge >= 0.3 is 5.97 Å². The maximum absolute atomic E-state index is 12.1. The van der Waals surface area contributed by atoms with Crippen LogP contribution in [0.5, 0.6) is 0 Å². The fourth-order valence-corrected chi connectivity index (χ4v) is 4.15. The van der Waals surface area contributed by atoms with Crippen molar-refractivity contribution < 1.29 is 18.8 Å². The maximum Gasteiger partial charge on any atom is 0.320 e. The van der Waals surface area contributed by atoms with Crippen molar-refractivity contribution in [2.45, 2.75) is 92.9 Å². The fraction of sp³-hybridized carbons (Fsp3) is 0.545. The summed E-state index contributed by atoms with van der Waals surface area (Å²) in [6.45, 7) is 15.8. The number of esters is 1. The molecule has 7 nitrogen and oxygen atoms in total. The fourth-order valence-electron chi connectivity index (χ4n) is 4.15. The normalized spacial score (nSPS) is 11.5. The molecule has 3 aromatic rings. The summed E-state index contributed by atoms with van der Waals surface area (Å²) in [7, 11) is 3.56. The van der Waals surface area contributed by atoms with Crippen LogP contribution in [0.3, 0.4) is 0 Å². The zero-order chi connectivity index (χ0) is 29.7. The van der Waals surface area contributed by atoms with Crippen LogP contribution in [0.15, 0.2) is 47.0 Å². The Balaban J connectivity index is 0.000000611. The summed E-state index contributed by atoms with van der Waals surface area (Å²) in [4.78, 5) is 18.6. The van der Waals surface area contributed by atoms with Crippen molar-refractivity contribution in [1.82, 2.24) is 15.0 Å². The van der Waals surface area contributed by atoms with Gasteiger partial charge in [-0.2, -0.15) is 4.98 Å². The number of carbonyl (C=O) groups excluding carboxylic acids is 1. The molecule has 0 aliphatic rings. The van der Waals surface area contributed by atoms with Gasteiger partial charge in [0.15, 0.2) is 0 Å². The molecule has 220 valence electrons. The Hall–Kier alpha value is -3.03. The molecule has 1 heterocycles. The van der Waals surface area contributed by atoms with Crippen LogP contribution in [0, 0.1) is 12.8 Å². The lowest BCUT2D eigenvalue weighted by Crippen LogP contribution is -2.32. The van der Waals surface area contributed by atoms with Gasteiger partial charge in [-0.1, -0.05) is 75.9 Å². The van der Waals surface area contributed by atoms with Gasteiger partial charge in [-0.3, -0.25) is 9.69 Å². The summed E-state index contributed by atoms with van der Waals surface area (Å²) in [5.74, 6) is 1.64. The smallest absolute Gasteiger partial charge is 0.320 e. The topological polar surface area (TPSA) is 77.7 Å². The van der Waals surface area contributed by atoms with Crippen LogP contribution in [0.1, 0.15) is 83.9 Å². The minimum atomic E-state index is -0.490. The molecule has 0 radical (unpaired) electrons. The number of carbonyl (C=O) groups is 1. The molecule has 40 heavy (non-hydrogen) atoms. The first-order valence-electron chi connectivity index (χ1n) is 14.3. The van der Waals surface area contributed by atoms with Crippen molar-refractivity contribution in [2.75, 3.05) is 20.7 Å². The zero-order valence-corrected chi connectivity index (χ0v) is 26.0. The number of unbranched alkanes of at least 4 members (excludes halogenated alkanes) is 2. The average Bonchev–Trinajstić information content (AvgIpc) is 3.35. The summed E-state index contributed by atoms with van der Waals surface area (Å²) in [5, 5.41) is 4.16. The lowest BCUT2D eigenvalue weighted by molar-refractivity contribution is -0.155. The van der Waals surface area contributed by atoms with Crippen molar-refractivity contribution in [3.05, 3.63) is 59.2 Å². The second-order valence-corrected chi connectivity index (χ2v) is 11.8. The summed E-state index contributed by atoms with van der Waals surface area (Å²) in [6, 6.07) is 13.9. The molecular weight excluding hydrogens is 502 g/mol. The van der Waals surface area contributed by atoms with Gasteiger partial charge in [0.1, 0.15) is 5.60 Å². The number of rotatable bonds is 12. The van der Waals surface area contributed by atoms with Gasteiger partial charge in [0.25, 0.3) is 5.89 Å². The molecule has 3 rings (SSSR count). The predicted octanol–water partition coefficient (Wildman–Crippen LogP) is 7.85. The van der Waals surface area contributed by atoms with E-state index in [1.165, 1.54) is 25.7 Å². The molecule has 0 spiro atoms. The van der Waals surface area contributed by atoms with Gasteiger partial charge in [0.2, 0.25) is 5.82 Å². The largest absolute Gasteiger partial charge is 0.459 e. The lowest BCUT2D eigenvalue weighted by Gasteiger charge is -2.22. The van der Waals surface area contributed by atoms with Gasteiger partial charge in [-0.15, -0.1) is 0 Å². The van der Waals surface area contributed by atoms with Crippen LogP contribution in [0.25, 0.3) is 22.8 Å². The summed E-state index contributed by atoms with van der Waals surface area (Å²) in [6.07, 6.45) is 5.60. The highest BCUT2D eigenvalue weighted by molar-refractivity contribution is 5.72. The Morgan fingerprint density at radius 2 is 1.82 bits per heavy atom. The van der Waals surface area contributed by atoms with Crippen molar-refractivity contribution in [3.8, 4) is 22.8 Å². The Bertz CT molecular complexity index is 1180. The molecule has 0 N–H and O–H groups in total. The van der Waals surface area contributed by atoms with E-state index in [0.717, 1.165) is 33.7 Å². The van der Waals surface area contributed by atoms with E-state index in [0.29, 0.717) is 24.9 Å². The van der Waals surface area contributed by atoms with E-state index in [2.05, 4.69) is 30.9 Å². The van der Waals surface area contributed by atoms with Crippen molar-refractivity contribution in [1.29, 1.82) is 0 Å². The number of hydrogen-bond acceptors (Lipinski definition) is 7. The van der Waals surface area contributed by atoms with Crippen LogP contribution < -0.4 is 0 Å². The second-order valence-electron chi connectivity index (χ2n) is 11.8. The van der Waals surface area contributed by atoms with Gasteiger partial charge in [0, 0.05) is 24.8 Å². The molecule has 0 unspecified atom stereocenters. The van der Waals surface area contributed by atoms with Crippen LogP contribution in [0.4, 0.5) is 0 Å². The van der Waals surface area contributed by atoms with Crippen molar-refractivity contribution in [3.63, 3.8) is 0 Å². The summed E-state index contributed by atoms with van der Waals surface area (Å²) in [5.41, 5.74) is 4.49. The Morgan fingerprint density at radius 1 is 1.07 bits per heavy atom. The Labute approximate surface area is 241 Å². The Morgan fingerprint density at radius 3 is 2.48 bits per heavy atom. The number of aromatic nitrogens is 2. The third-order valence-corrected chi connectivity index (χ3v) is 6.16. The molecular formula is C33H49N3O4. The minimum absolute atomic E-state index is 0.213. The van der Waals surface area contributed by atoms with Crippen LogP contribution in [0.2, 0.25) is 0 Å². The van der Waals surface area contributed by atoms with E-state index in [1.54, 1.807) is 7.11 Å². The zero-order valence-electron chi connectivity index (χ0n) is 26.0. The molecule has 1 aromatic heterocycles. The third-order valence-electron chi connectivity index (χ3n) is 6.16. The van der Waals surface area contributed by atoms with E-state index in [1.807, 2.05) is 82.1 Å². The van der Waals surface area contributed by atoms with Crippen LogP contribution in [-0.4, -0.2) is 47.3 Å². The number of methoxy groups -OCH3 is 1. The van der Waals surface area contributed by atoms with Gasteiger partial charge in [0.05, 0.1) is 13.2 Å². The number of aryl methyl sites for hydroxylation is 1. The molecule has 0 amide bonds. The van der Waals surface area contributed by atoms with E-state index in [4.69, 9.17) is 14.0 Å². The van der Waals surface area contributed by atoms with Crippen molar-refractivity contribution >= 4 is 5.97 Å². The number of likely N-dealkylation sites (N-methyl/N-ethyl adjacent to an activating group) is 1. The standard InChI is InChI=1S/C25H31N3O4.C8H18/c1-17-10-11-20(13-21(17)16-30-6)24-26-23(27-32-24)19-9-7-8-18(12-19)14-28(5)15-22(29)31-25(2,3)4;1-4-5-6-7-8(2)3/h7-13H,14-16H2,1-6H3;8H,4-7H2,1-3H3. The first kappa shape index (κ1) is 33.2. The number of benzene rings is 2. The highest BCUT2D eigenvalue weighted by Gasteiger charge is 2.18. The molecule has 0 aliphatic heterocycles. The molecule has 2 aromatic carbocycles. The third kappa shape index (κ3) is 12.0. The van der Waals surface area contributed by atoms with Crippen LogP contribution in [-0.2, 0) is 27.4 Å². The first-order chi connectivity index (χ1) is 18.9. The van der Waals surface area contributed by atoms with Gasteiger partial charge < -0.3 is 14.0 Å². The number of nitrogens with zero attached hydrogens (tertiary/aromatic N) is 3. The van der Waals surface area contributed by atoms with Crippen molar-refractivity contribution in [2.24, 2.45) is 5.92 Å². The number of hydrogen-bond donors (Lipinski definition) is 0. The molecule has 0 saturated heterocycles. The van der Waals surface area contributed by atoms with E-state index in [9.17, 15) is 4.79 Å². The molecule has 0 bridgehead atoms. The molecule has 0 fully saturated rings. The maximum atomic E-state index is 12.1. The van der Waals surface area contributed by atoms with Gasteiger partial charge in [-0.25, -0.2) is 0 Å². The van der Waals surface area contributed by atoms with E-state index < -0.39 is 5.60 Å². The first-order valence-corrected chi connectivity index (χ1v) is 14.3. The lowest BCUT2D eigenvalue weighted by atomic mass is 10.1. The highest BCUT2D eigenvalue weighted by Crippen LogP contribution is 2.25. The molecule has 0 saturated carbocycles. The second kappa shape index (κ2) is 16.3. The predicted molar refractivity (Wildman–Crippen MR) is 162 cm³/mol. The SMILES string of the molecule is CCCCCC(C)C.COCc1cc(-c2nc(-c3cccc(CN(C)CC(=O)OC(C)(C)C)c3)no2)ccc1C.